The molecule has 11 unspecified atom stereocenters. The number of rotatable bonds is 26. The van der Waals surface area contributed by atoms with Gasteiger partial charge in [-0.05, 0) is 130 Å². The number of aromatic nitrogens is 10. The second-order valence-corrected chi connectivity index (χ2v) is 41.8. The molecule has 45 heteroatoms. The maximum Gasteiger partial charge on any atom is 0.381 e. The SMILES string of the molecule is CC(=O)Nc1nc(OCCc2ccc(C)cc2)c2ncn([C@@H]3O[C@@H]4COP(=S)(Oc5ccccc5Cl)OC4C3O)c2n1.CC(=O)Nc1nc(OCCc2ccc(C)cc2)c2ncn([C@@H]3O[C@@H]4COP(=S)(Oc5ccccc5Cl)OC4C3OC3CCCCO3)c2n1.CCc1ccc(C(=O)Nc2ccn([C@@H]3O[C@@H]4COP(=S)(Oc5ccccc5Cl)OC4C3OC3CCCCO3)c(=O)n2)cc1. The Labute approximate surface area is 793 Å². The zero-order valence-electron chi connectivity index (χ0n) is 72.2. The molecule has 702 valence electrons. The van der Waals surface area contributed by atoms with Crippen LogP contribution in [0.3, 0.4) is 0 Å². The van der Waals surface area contributed by atoms with Gasteiger partial charge in [0, 0.05) is 87.1 Å². The van der Waals surface area contributed by atoms with E-state index in [0.717, 1.165) is 48.8 Å². The van der Waals surface area contributed by atoms with Gasteiger partial charge in [-0.3, -0.25) is 65.9 Å². The Morgan fingerprint density at radius 3 is 1.34 bits per heavy atom. The summed E-state index contributed by atoms with van der Waals surface area (Å²) in [5, 5.41) is 20.4. The fourth-order valence-electron chi connectivity index (χ4n) is 15.6. The minimum atomic E-state index is -3.32. The number of aryl methyl sites for hydroxylation is 3. The molecule has 0 bridgehead atoms. The molecular formula is C88H93Cl3N13O23P3S3. The predicted octanol–water partition coefficient (Wildman–Crippen LogP) is 15.5. The number of imidazole rings is 2. The van der Waals surface area contributed by atoms with Crippen LogP contribution in [0.4, 0.5) is 17.7 Å². The number of anilines is 3. The molecule has 3 amide bonds. The molecule has 11 aromatic rings. The number of ether oxygens (including phenoxy) is 9. The summed E-state index contributed by atoms with van der Waals surface area (Å²) in [6.07, 6.45) is 1.41. The highest BCUT2D eigenvalue weighted by atomic mass is 35.5. The highest BCUT2D eigenvalue weighted by Crippen LogP contribution is 2.61. The molecule has 13 heterocycles. The van der Waals surface area contributed by atoms with Crippen molar-refractivity contribution in [1.29, 1.82) is 0 Å². The maximum absolute atomic E-state index is 13.3. The highest BCUT2D eigenvalue weighted by Gasteiger charge is 2.58. The number of carbonyl (C=O) groups excluding carboxylic acids is 3. The largest absolute Gasteiger partial charge is 0.476 e. The summed E-state index contributed by atoms with van der Waals surface area (Å²) in [4.78, 5) is 81.0. The average molecular weight is 2000 g/mol. The summed E-state index contributed by atoms with van der Waals surface area (Å²) in [5.74, 6) is 0.565. The molecule has 8 aliphatic rings. The molecule has 36 nitrogen and oxygen atoms in total. The monoisotopic (exact) mass is 1990 g/mol. The van der Waals surface area contributed by atoms with Gasteiger partial charge < -0.3 is 66.6 Å². The van der Waals surface area contributed by atoms with E-state index in [0.29, 0.717) is 107 Å². The second kappa shape index (κ2) is 42.7. The Bertz CT molecular complexity index is 6240. The van der Waals surface area contributed by atoms with Gasteiger partial charge in [0.2, 0.25) is 35.5 Å². The number of para-hydroxylation sites is 3. The Morgan fingerprint density at radius 1 is 0.504 bits per heavy atom. The lowest BCUT2D eigenvalue weighted by atomic mass is 10.1. The van der Waals surface area contributed by atoms with Crippen LogP contribution in [-0.4, -0.2) is 185 Å². The van der Waals surface area contributed by atoms with E-state index < -0.39 is 112 Å². The average Bonchev–Trinajstić information content (AvgIpc) is 1.61. The normalized spacial score (nSPS) is 27.0. The first-order chi connectivity index (χ1) is 64.2. The lowest BCUT2D eigenvalue weighted by Gasteiger charge is -2.36. The van der Waals surface area contributed by atoms with Crippen LogP contribution < -0.4 is 44.7 Å². The lowest BCUT2D eigenvalue weighted by Crippen LogP contribution is -2.44. The highest BCUT2D eigenvalue weighted by molar-refractivity contribution is 8.08. The van der Waals surface area contributed by atoms with E-state index in [9.17, 15) is 24.3 Å². The number of nitrogens with one attached hydrogen (secondary N) is 3. The maximum atomic E-state index is 13.3. The number of aliphatic hydroxyl groups is 1. The van der Waals surface area contributed by atoms with E-state index >= 15 is 0 Å². The van der Waals surface area contributed by atoms with Crippen molar-refractivity contribution in [3.8, 4) is 29.0 Å². The minimum Gasteiger partial charge on any atom is -0.476 e. The molecular weight excluding hydrogens is 1900 g/mol. The minimum absolute atomic E-state index is 0.0233. The van der Waals surface area contributed by atoms with E-state index in [1.165, 1.54) is 48.1 Å². The van der Waals surface area contributed by atoms with Gasteiger partial charge in [-0.15, -0.1) is 0 Å². The number of amides is 3. The van der Waals surface area contributed by atoms with Crippen molar-refractivity contribution in [1.82, 2.24) is 48.6 Å². The fraction of sp³-hybridized carbons (Fsp3) is 0.398. The van der Waals surface area contributed by atoms with Gasteiger partial charge in [0.25, 0.3) is 5.91 Å². The molecule has 0 radical (unpaired) electrons. The van der Waals surface area contributed by atoms with Crippen molar-refractivity contribution in [2.45, 2.75) is 179 Å². The third-order valence-corrected chi connectivity index (χ3v) is 29.7. The summed E-state index contributed by atoms with van der Waals surface area (Å²) < 4.78 is 115. The van der Waals surface area contributed by atoms with E-state index in [1.807, 2.05) is 57.2 Å². The second-order valence-electron chi connectivity index (χ2n) is 31.9. The van der Waals surface area contributed by atoms with Gasteiger partial charge in [-0.25, -0.2) is 14.8 Å². The number of hydrogen-bond donors (Lipinski definition) is 4. The summed E-state index contributed by atoms with van der Waals surface area (Å²) in [6, 6.07) is 45.9. The number of carbonyl (C=O) groups is 3. The lowest BCUT2D eigenvalue weighted by molar-refractivity contribution is -0.214. The first-order valence-corrected chi connectivity index (χ1v) is 51.8. The van der Waals surface area contributed by atoms with Gasteiger partial charge in [-0.2, -0.15) is 24.9 Å². The zero-order chi connectivity index (χ0) is 92.7. The van der Waals surface area contributed by atoms with E-state index in [-0.39, 0.29) is 72.7 Å². The molecule has 133 heavy (non-hydrogen) atoms. The van der Waals surface area contributed by atoms with Crippen molar-refractivity contribution in [2.75, 3.05) is 62.2 Å². The number of halogens is 3. The Kier molecular flexibility index (Phi) is 30.7. The summed E-state index contributed by atoms with van der Waals surface area (Å²) in [6.45, 7) is 0.888. The van der Waals surface area contributed by atoms with Gasteiger partial charge in [-0.1, -0.05) is 150 Å². The van der Waals surface area contributed by atoms with Crippen molar-refractivity contribution in [3.63, 3.8) is 0 Å². The molecule has 0 aliphatic carbocycles. The molecule has 4 N–H and O–H groups in total. The van der Waals surface area contributed by atoms with E-state index in [4.69, 9.17) is 154 Å². The number of nitrogens with zero attached hydrogens (tertiary/aromatic N) is 10. The first-order valence-electron chi connectivity index (χ1n) is 43.0. The van der Waals surface area contributed by atoms with Gasteiger partial charge >= 0.3 is 25.8 Å². The number of hydrogen-bond acceptors (Lipinski definition) is 33. The van der Waals surface area contributed by atoms with Gasteiger partial charge in [0.05, 0.1) is 60.8 Å². The molecule has 6 aromatic carbocycles. The molecule has 17 atom stereocenters. The standard InChI is InChI=1S/C32H35ClN5O8PS.C29H31ClN3O8PS.C27H27ClN5O7PS/c1-19-10-12-21(13-11-19)14-16-41-30-26-29(36-32(37-30)35-20(2)39)38(18-34-26)31-28(44-25-9-5-6-15-40-25)27-24(43-31)17-42-47(48,46-27)45-23-8-4-3-7-22(23)33;1-2-18-10-12-19(13-11-18)27(34)31-23-14-15-33(29(35)32-23)28-26(39-24-9-5-6-16-36-24)25-22(38-28)17-37-42(43,41-25)40-21-8-4-3-7-20(21)30;1-15-7-9-17(10-8-15)11-12-36-25-21-24(31-27(32-25)30-16(2)34)33(14-29-21)26-22(35)23-20(38-26)13-37-41(42,40-23)39-19-6-4-3-5-18(19)28/h3-4,7-8,10-13,18,24-25,27-28,31H,5-6,9,14-17H2,1-2H3,(H,35,36,37,39);3-4,7-8,10-15,22,24-26,28H,2,5-6,9,16-17H2,1H3,(H,31,32,34,35);3-10,14,20,22-23,26,35H,11-13H2,1-2H3,(H,30,31,32,34)/t24-,25?,27?,28?,31-,47?;22-,24?,25?,26?,28-,42?;20-,22?,23?,26-,41?/m111/s1. The molecule has 5 aromatic heterocycles. The molecule has 8 fully saturated rings. The summed E-state index contributed by atoms with van der Waals surface area (Å²) in [7, 11) is 0. The number of fused-ring (bicyclic) bond motifs is 5. The Balaban J connectivity index is 0.000000139. The summed E-state index contributed by atoms with van der Waals surface area (Å²) in [5.41, 5.74) is 6.88. The smallest absolute Gasteiger partial charge is 0.381 e. The van der Waals surface area contributed by atoms with Crippen molar-refractivity contribution < 1.29 is 103 Å². The van der Waals surface area contributed by atoms with Crippen LogP contribution in [0, 0.1) is 13.8 Å². The van der Waals surface area contributed by atoms with Crippen LogP contribution in [0.25, 0.3) is 22.3 Å². The van der Waals surface area contributed by atoms with Crippen LogP contribution in [0.15, 0.2) is 175 Å². The van der Waals surface area contributed by atoms with Crippen LogP contribution >= 0.6 is 55.0 Å². The fourth-order valence-corrected chi connectivity index (χ4v) is 22.7. The van der Waals surface area contributed by atoms with Crippen molar-refractivity contribution in [2.24, 2.45) is 0 Å². The summed E-state index contributed by atoms with van der Waals surface area (Å²) >= 11 is 35.9. The van der Waals surface area contributed by atoms with Gasteiger partial charge in [0.15, 0.2) is 53.6 Å². The Morgan fingerprint density at radius 2 is 0.917 bits per heavy atom. The van der Waals surface area contributed by atoms with Crippen LogP contribution in [-0.2, 0) is 125 Å². The first kappa shape index (κ1) is 95.7. The zero-order valence-corrected chi connectivity index (χ0v) is 79.6. The predicted molar refractivity (Wildman–Crippen MR) is 499 cm³/mol. The van der Waals surface area contributed by atoms with Crippen molar-refractivity contribution in [3.05, 3.63) is 229 Å². The molecule has 19 rings (SSSR count). The number of aliphatic hydroxyl groups excluding tert-OH is 1. The molecule has 0 saturated carbocycles. The molecule has 8 aliphatic heterocycles. The van der Waals surface area contributed by atoms with E-state index in [1.54, 1.807) is 100 Å². The Hall–Kier alpha value is -9.03. The van der Waals surface area contributed by atoms with Gasteiger partial charge in [0.1, 0.15) is 78.0 Å². The third kappa shape index (κ3) is 23.1. The molecule has 0 spiro atoms. The quantitative estimate of drug-likeness (QED) is 0.0366. The molecule has 8 saturated heterocycles. The van der Waals surface area contributed by atoms with E-state index in [2.05, 4.69) is 75.1 Å². The number of benzene rings is 6. The van der Waals surface area contributed by atoms with Crippen molar-refractivity contribution >= 4 is 148 Å². The van der Waals surface area contributed by atoms with Crippen LogP contribution in [0.2, 0.25) is 15.1 Å². The topological polar surface area (TPSA) is 396 Å². The van der Waals surface area contributed by atoms with Crippen LogP contribution in [0.1, 0.15) is 116 Å². The third-order valence-electron chi connectivity index (χ3n) is 22.2. The van der Waals surface area contributed by atoms with Crippen LogP contribution in [0.5, 0.6) is 29.0 Å².